The average Bonchev–Trinajstić information content (AvgIpc) is 2.95. The summed E-state index contributed by atoms with van der Waals surface area (Å²) in [5.74, 6) is 2.58. The van der Waals surface area contributed by atoms with Gasteiger partial charge in [-0.05, 0) is 12.1 Å². The largest absolute Gasteiger partial charge is 0.468 e. The highest BCUT2D eigenvalue weighted by Gasteiger charge is 2.06. The summed E-state index contributed by atoms with van der Waals surface area (Å²) in [7, 11) is 0. The minimum absolute atomic E-state index is 0.468. The van der Waals surface area contributed by atoms with Gasteiger partial charge in [0.25, 0.3) is 0 Å². The molecule has 92 valence electrons. The van der Waals surface area contributed by atoms with Crippen LogP contribution < -0.4 is 5.32 Å². The highest BCUT2D eigenvalue weighted by molar-refractivity contribution is 4.98. The lowest BCUT2D eigenvalue weighted by molar-refractivity contribution is 0.473. The van der Waals surface area contributed by atoms with Crippen LogP contribution in [-0.4, -0.2) is 16.1 Å². The van der Waals surface area contributed by atoms with Gasteiger partial charge in [0.05, 0.1) is 12.8 Å². The molecule has 0 radical (unpaired) electrons. The maximum Gasteiger partial charge on any atom is 0.117 e. The van der Waals surface area contributed by atoms with Crippen LogP contribution in [0.3, 0.4) is 0 Å². The van der Waals surface area contributed by atoms with E-state index in [0.717, 1.165) is 31.2 Å². The van der Waals surface area contributed by atoms with Crippen molar-refractivity contribution >= 4 is 0 Å². The van der Waals surface area contributed by atoms with Crippen molar-refractivity contribution in [3.05, 3.63) is 42.4 Å². The number of hydrogen-bond donors (Lipinski definition) is 1. The van der Waals surface area contributed by atoms with E-state index < -0.39 is 0 Å². The highest BCUT2D eigenvalue weighted by Crippen LogP contribution is 2.10. The zero-order chi connectivity index (χ0) is 12.1. The number of aromatic nitrogens is 2. The lowest BCUT2D eigenvalue weighted by Gasteiger charge is -2.10. The Labute approximate surface area is 102 Å². The Morgan fingerprint density at radius 1 is 1.47 bits per heavy atom. The second kappa shape index (κ2) is 5.68. The summed E-state index contributed by atoms with van der Waals surface area (Å²) >= 11 is 0. The molecule has 2 rings (SSSR count). The average molecular weight is 233 g/mol. The maximum atomic E-state index is 5.25. The van der Waals surface area contributed by atoms with Gasteiger partial charge in [-0.15, -0.1) is 0 Å². The Balaban J connectivity index is 1.76. The van der Waals surface area contributed by atoms with Crippen molar-refractivity contribution < 1.29 is 4.42 Å². The first-order chi connectivity index (χ1) is 8.27. The molecule has 4 heteroatoms. The first-order valence-corrected chi connectivity index (χ1v) is 6.01. The van der Waals surface area contributed by atoms with Crippen LogP contribution in [-0.2, 0) is 13.1 Å². The number of rotatable bonds is 6. The zero-order valence-electron chi connectivity index (χ0n) is 10.4. The molecule has 1 N–H and O–H groups in total. The fourth-order valence-corrected chi connectivity index (χ4v) is 1.83. The third-order valence-corrected chi connectivity index (χ3v) is 2.67. The molecule has 17 heavy (non-hydrogen) atoms. The van der Waals surface area contributed by atoms with Gasteiger partial charge in [-0.2, -0.15) is 0 Å². The van der Waals surface area contributed by atoms with Gasteiger partial charge >= 0.3 is 0 Å². The Bertz CT molecular complexity index is 431. The van der Waals surface area contributed by atoms with Gasteiger partial charge in [0.1, 0.15) is 11.6 Å². The molecule has 0 spiro atoms. The van der Waals surface area contributed by atoms with E-state index >= 15 is 0 Å². The molecule has 4 nitrogen and oxygen atoms in total. The molecule has 0 fully saturated rings. The first kappa shape index (κ1) is 11.9. The van der Waals surface area contributed by atoms with Crippen molar-refractivity contribution in [1.82, 2.24) is 14.9 Å². The van der Waals surface area contributed by atoms with Crippen LogP contribution in [0.15, 0.2) is 35.2 Å². The molecule has 2 aromatic rings. The molecular formula is C13H19N3O. The van der Waals surface area contributed by atoms with Gasteiger partial charge in [0, 0.05) is 31.4 Å². The highest BCUT2D eigenvalue weighted by atomic mass is 16.3. The van der Waals surface area contributed by atoms with E-state index in [9.17, 15) is 0 Å². The predicted octanol–water partition coefficient (Wildman–Crippen LogP) is 2.39. The molecule has 0 atom stereocenters. The first-order valence-electron chi connectivity index (χ1n) is 6.01. The Morgan fingerprint density at radius 2 is 2.35 bits per heavy atom. The predicted molar refractivity (Wildman–Crippen MR) is 66.7 cm³/mol. The van der Waals surface area contributed by atoms with E-state index in [1.807, 2.05) is 24.5 Å². The van der Waals surface area contributed by atoms with E-state index in [1.165, 1.54) is 0 Å². The van der Waals surface area contributed by atoms with E-state index in [4.69, 9.17) is 4.42 Å². The van der Waals surface area contributed by atoms with Crippen molar-refractivity contribution in [2.75, 3.05) is 6.54 Å². The monoisotopic (exact) mass is 233 g/mol. The summed E-state index contributed by atoms with van der Waals surface area (Å²) < 4.78 is 7.45. The number of nitrogens with one attached hydrogen (secondary N) is 1. The van der Waals surface area contributed by atoms with Gasteiger partial charge in [0.2, 0.25) is 0 Å². The summed E-state index contributed by atoms with van der Waals surface area (Å²) in [4.78, 5) is 4.36. The Hall–Kier alpha value is -1.55. The van der Waals surface area contributed by atoms with Crippen LogP contribution >= 0.6 is 0 Å². The molecule has 0 bridgehead atoms. The summed E-state index contributed by atoms with van der Waals surface area (Å²) in [6.45, 7) is 6.95. The van der Waals surface area contributed by atoms with E-state index in [2.05, 4.69) is 28.7 Å². The van der Waals surface area contributed by atoms with Gasteiger partial charge in [-0.25, -0.2) is 4.98 Å². The Morgan fingerprint density at radius 3 is 3.06 bits per heavy atom. The molecule has 0 saturated carbocycles. The number of hydrogen-bond acceptors (Lipinski definition) is 3. The maximum absolute atomic E-state index is 5.25. The lowest BCUT2D eigenvalue weighted by Crippen LogP contribution is -2.20. The van der Waals surface area contributed by atoms with Crippen LogP contribution in [0.5, 0.6) is 0 Å². The normalized spacial score (nSPS) is 11.2. The summed E-state index contributed by atoms with van der Waals surface area (Å²) in [5.41, 5.74) is 0. The number of imidazole rings is 1. The van der Waals surface area contributed by atoms with Crippen molar-refractivity contribution in [3.8, 4) is 0 Å². The molecule has 0 aliphatic carbocycles. The van der Waals surface area contributed by atoms with E-state index in [1.54, 1.807) is 6.26 Å². The van der Waals surface area contributed by atoms with Crippen LogP contribution in [0.25, 0.3) is 0 Å². The molecule has 0 saturated heterocycles. The smallest absolute Gasteiger partial charge is 0.117 e. The van der Waals surface area contributed by atoms with Crippen molar-refractivity contribution in [1.29, 1.82) is 0 Å². The molecule has 0 aromatic carbocycles. The molecule has 0 amide bonds. The molecular weight excluding hydrogens is 214 g/mol. The molecule has 0 unspecified atom stereocenters. The second-order valence-electron chi connectivity index (χ2n) is 4.39. The van der Waals surface area contributed by atoms with Gasteiger partial charge in [-0.1, -0.05) is 13.8 Å². The minimum atomic E-state index is 0.468. The van der Waals surface area contributed by atoms with E-state index in [-0.39, 0.29) is 0 Å². The number of furan rings is 1. The summed E-state index contributed by atoms with van der Waals surface area (Å²) in [6, 6.07) is 3.88. The van der Waals surface area contributed by atoms with Gasteiger partial charge in [0.15, 0.2) is 0 Å². The standard InChI is InChI=1S/C13H19N3O/c1-11(2)13-15-6-8-16(13)7-5-14-10-12-4-3-9-17-12/h3-4,6,8-9,11,14H,5,7,10H2,1-2H3. The van der Waals surface area contributed by atoms with Crippen LogP contribution in [0.1, 0.15) is 31.4 Å². The number of nitrogens with zero attached hydrogens (tertiary/aromatic N) is 2. The molecule has 0 aliphatic rings. The zero-order valence-corrected chi connectivity index (χ0v) is 10.4. The summed E-state index contributed by atoms with van der Waals surface area (Å²) in [6.07, 6.45) is 5.59. The van der Waals surface area contributed by atoms with Crippen molar-refractivity contribution in [3.63, 3.8) is 0 Å². The van der Waals surface area contributed by atoms with E-state index in [0.29, 0.717) is 5.92 Å². The van der Waals surface area contributed by atoms with Crippen LogP contribution in [0, 0.1) is 0 Å². The third-order valence-electron chi connectivity index (χ3n) is 2.67. The van der Waals surface area contributed by atoms with Gasteiger partial charge < -0.3 is 14.3 Å². The third kappa shape index (κ3) is 3.20. The topological polar surface area (TPSA) is 43.0 Å². The van der Waals surface area contributed by atoms with Crippen molar-refractivity contribution in [2.45, 2.75) is 32.9 Å². The molecule has 2 aromatic heterocycles. The summed E-state index contributed by atoms with van der Waals surface area (Å²) in [5, 5.41) is 3.35. The molecule has 2 heterocycles. The SMILES string of the molecule is CC(C)c1nccn1CCNCc1ccco1. The second-order valence-corrected chi connectivity index (χ2v) is 4.39. The van der Waals surface area contributed by atoms with Crippen molar-refractivity contribution in [2.24, 2.45) is 0 Å². The van der Waals surface area contributed by atoms with Crippen LogP contribution in [0.2, 0.25) is 0 Å². The molecule has 0 aliphatic heterocycles. The fraction of sp³-hybridized carbons (Fsp3) is 0.462. The minimum Gasteiger partial charge on any atom is -0.468 e. The quantitative estimate of drug-likeness (QED) is 0.779. The fourth-order valence-electron chi connectivity index (χ4n) is 1.83. The van der Waals surface area contributed by atoms with Gasteiger partial charge in [-0.3, -0.25) is 0 Å². The lowest BCUT2D eigenvalue weighted by atomic mass is 10.2. The van der Waals surface area contributed by atoms with Crippen LogP contribution in [0.4, 0.5) is 0 Å². The Kier molecular flexibility index (Phi) is 3.98.